The standard InChI is InChI=1S/C18H25ClN4S/c1-4-20-18(21-10-8-15-6-5-7-16(19)12-15)22-11-9-17-13(2)23-14(3)24-17/h5-7,12H,4,8-11H2,1-3H3,(H2,20,21,22). The van der Waals surface area contributed by atoms with Crippen molar-refractivity contribution in [1.29, 1.82) is 0 Å². The summed E-state index contributed by atoms with van der Waals surface area (Å²) in [4.78, 5) is 10.4. The maximum absolute atomic E-state index is 6.02. The zero-order valence-corrected chi connectivity index (χ0v) is 16.1. The number of nitrogens with zero attached hydrogens (tertiary/aromatic N) is 2. The van der Waals surface area contributed by atoms with Crippen molar-refractivity contribution in [2.45, 2.75) is 33.6 Å². The monoisotopic (exact) mass is 364 g/mol. The van der Waals surface area contributed by atoms with Gasteiger partial charge in [0.2, 0.25) is 0 Å². The van der Waals surface area contributed by atoms with Crippen molar-refractivity contribution < 1.29 is 0 Å². The third kappa shape index (κ3) is 6.13. The molecule has 6 heteroatoms. The van der Waals surface area contributed by atoms with Crippen LogP contribution in [0.25, 0.3) is 0 Å². The van der Waals surface area contributed by atoms with Crippen LogP contribution in [0.15, 0.2) is 29.3 Å². The molecule has 0 aliphatic rings. The lowest BCUT2D eigenvalue weighted by molar-refractivity contribution is 0.797. The number of aromatic nitrogens is 1. The molecule has 2 rings (SSSR count). The largest absolute Gasteiger partial charge is 0.357 e. The first-order valence-corrected chi connectivity index (χ1v) is 9.47. The lowest BCUT2D eigenvalue weighted by Crippen LogP contribution is -2.38. The summed E-state index contributed by atoms with van der Waals surface area (Å²) in [5.41, 5.74) is 2.35. The first kappa shape index (κ1) is 18.7. The molecule has 0 aliphatic heterocycles. The van der Waals surface area contributed by atoms with E-state index in [1.165, 1.54) is 10.4 Å². The zero-order valence-electron chi connectivity index (χ0n) is 14.5. The Labute approximate surface area is 153 Å². The molecule has 1 aromatic heterocycles. The van der Waals surface area contributed by atoms with Gasteiger partial charge >= 0.3 is 0 Å². The quantitative estimate of drug-likeness (QED) is 0.581. The molecule has 2 N–H and O–H groups in total. The van der Waals surface area contributed by atoms with Gasteiger partial charge in [-0.2, -0.15) is 0 Å². The smallest absolute Gasteiger partial charge is 0.191 e. The van der Waals surface area contributed by atoms with Crippen LogP contribution in [-0.2, 0) is 12.8 Å². The fourth-order valence-electron chi connectivity index (χ4n) is 2.43. The fourth-order valence-corrected chi connectivity index (χ4v) is 3.57. The topological polar surface area (TPSA) is 49.3 Å². The minimum atomic E-state index is 0.759. The summed E-state index contributed by atoms with van der Waals surface area (Å²) in [6.45, 7) is 8.62. The first-order chi connectivity index (χ1) is 11.6. The van der Waals surface area contributed by atoms with Crippen molar-refractivity contribution in [3.63, 3.8) is 0 Å². The molecule has 0 spiro atoms. The Morgan fingerprint density at radius 2 is 2.08 bits per heavy atom. The molecule has 1 aromatic carbocycles. The van der Waals surface area contributed by atoms with Gasteiger partial charge in [0.25, 0.3) is 0 Å². The van der Waals surface area contributed by atoms with Crippen molar-refractivity contribution in [3.05, 3.63) is 50.4 Å². The number of thiazole rings is 1. The Hall–Kier alpha value is -1.59. The van der Waals surface area contributed by atoms with E-state index < -0.39 is 0 Å². The van der Waals surface area contributed by atoms with Gasteiger partial charge in [0.1, 0.15) is 0 Å². The molecule has 0 fully saturated rings. The lowest BCUT2D eigenvalue weighted by Gasteiger charge is -2.11. The fraction of sp³-hybridized carbons (Fsp3) is 0.444. The minimum absolute atomic E-state index is 0.759. The molecular weight excluding hydrogens is 340 g/mol. The van der Waals surface area contributed by atoms with Crippen LogP contribution in [0, 0.1) is 13.8 Å². The summed E-state index contributed by atoms with van der Waals surface area (Å²) in [6.07, 6.45) is 1.85. The van der Waals surface area contributed by atoms with Gasteiger partial charge < -0.3 is 10.6 Å². The normalized spacial score (nSPS) is 11.6. The summed E-state index contributed by atoms with van der Waals surface area (Å²) in [5.74, 6) is 0.860. The van der Waals surface area contributed by atoms with E-state index in [4.69, 9.17) is 11.6 Å². The van der Waals surface area contributed by atoms with E-state index in [0.29, 0.717) is 0 Å². The van der Waals surface area contributed by atoms with Crippen LogP contribution < -0.4 is 10.6 Å². The molecule has 0 saturated heterocycles. The van der Waals surface area contributed by atoms with E-state index in [1.54, 1.807) is 11.3 Å². The highest BCUT2D eigenvalue weighted by Crippen LogP contribution is 2.17. The van der Waals surface area contributed by atoms with E-state index in [1.807, 2.05) is 25.1 Å². The summed E-state index contributed by atoms with van der Waals surface area (Å²) in [5, 5.41) is 8.57. The number of hydrogen-bond donors (Lipinski definition) is 2. The molecule has 4 nitrogen and oxygen atoms in total. The van der Waals surface area contributed by atoms with Crippen LogP contribution in [0.2, 0.25) is 5.02 Å². The second kappa shape index (κ2) is 9.64. The predicted octanol–water partition coefficient (Wildman–Crippen LogP) is 3.75. The number of aryl methyl sites for hydroxylation is 2. The molecule has 1 heterocycles. The number of hydrogen-bond acceptors (Lipinski definition) is 3. The van der Waals surface area contributed by atoms with Crippen LogP contribution >= 0.6 is 22.9 Å². The first-order valence-electron chi connectivity index (χ1n) is 8.28. The third-order valence-corrected chi connectivity index (χ3v) is 4.92. The summed E-state index contributed by atoms with van der Waals surface area (Å²) in [6, 6.07) is 7.97. The van der Waals surface area contributed by atoms with Crippen molar-refractivity contribution in [2.75, 3.05) is 19.6 Å². The van der Waals surface area contributed by atoms with Crippen molar-refractivity contribution in [3.8, 4) is 0 Å². The molecule has 0 aliphatic carbocycles. The second-order valence-electron chi connectivity index (χ2n) is 5.56. The number of rotatable bonds is 7. The molecule has 0 unspecified atom stereocenters. The van der Waals surface area contributed by atoms with E-state index in [9.17, 15) is 0 Å². The highest BCUT2D eigenvalue weighted by molar-refractivity contribution is 7.11. The van der Waals surface area contributed by atoms with Gasteiger partial charge in [-0.25, -0.2) is 4.98 Å². The molecule has 0 radical (unpaired) electrons. The van der Waals surface area contributed by atoms with E-state index in [0.717, 1.165) is 54.2 Å². The minimum Gasteiger partial charge on any atom is -0.357 e. The lowest BCUT2D eigenvalue weighted by atomic mass is 10.1. The van der Waals surface area contributed by atoms with Crippen LogP contribution in [0.1, 0.15) is 28.1 Å². The number of benzene rings is 1. The number of guanidine groups is 1. The van der Waals surface area contributed by atoms with Gasteiger partial charge in [0.05, 0.1) is 10.7 Å². The maximum Gasteiger partial charge on any atom is 0.191 e. The van der Waals surface area contributed by atoms with Crippen molar-refractivity contribution in [2.24, 2.45) is 4.99 Å². The Kier molecular flexibility index (Phi) is 7.53. The predicted molar refractivity (Wildman–Crippen MR) is 104 cm³/mol. The van der Waals surface area contributed by atoms with Crippen molar-refractivity contribution >= 4 is 28.9 Å². The van der Waals surface area contributed by atoms with Gasteiger partial charge in [0, 0.05) is 36.0 Å². The summed E-state index contributed by atoms with van der Waals surface area (Å²) >= 11 is 7.78. The second-order valence-corrected chi connectivity index (χ2v) is 7.28. The molecule has 130 valence electrons. The van der Waals surface area contributed by atoms with Gasteiger partial charge in [-0.05, 0) is 44.9 Å². The Morgan fingerprint density at radius 3 is 2.75 bits per heavy atom. The van der Waals surface area contributed by atoms with Crippen LogP contribution in [0.5, 0.6) is 0 Å². The number of nitrogens with one attached hydrogen (secondary N) is 2. The highest BCUT2D eigenvalue weighted by Gasteiger charge is 2.04. The van der Waals surface area contributed by atoms with Crippen molar-refractivity contribution in [1.82, 2.24) is 15.6 Å². The Bertz CT molecular complexity index is 681. The molecule has 0 saturated carbocycles. The highest BCUT2D eigenvalue weighted by atomic mass is 35.5. The molecule has 2 aromatic rings. The SMILES string of the molecule is CCNC(=NCCc1sc(C)nc1C)NCCc1cccc(Cl)c1. The van der Waals surface area contributed by atoms with Gasteiger partial charge in [-0.15, -0.1) is 11.3 Å². The van der Waals surface area contributed by atoms with E-state index in [-0.39, 0.29) is 0 Å². The van der Waals surface area contributed by atoms with Crippen LogP contribution in [0.3, 0.4) is 0 Å². The summed E-state index contributed by atoms with van der Waals surface area (Å²) < 4.78 is 0. The van der Waals surface area contributed by atoms with Gasteiger partial charge in [0.15, 0.2) is 5.96 Å². The third-order valence-electron chi connectivity index (χ3n) is 3.55. The Balaban J connectivity index is 1.83. The number of halogens is 1. The van der Waals surface area contributed by atoms with E-state index in [2.05, 4.69) is 40.5 Å². The van der Waals surface area contributed by atoms with Gasteiger partial charge in [-0.3, -0.25) is 4.99 Å². The summed E-state index contributed by atoms with van der Waals surface area (Å²) in [7, 11) is 0. The Morgan fingerprint density at radius 1 is 1.25 bits per heavy atom. The van der Waals surface area contributed by atoms with Gasteiger partial charge in [-0.1, -0.05) is 23.7 Å². The average molecular weight is 365 g/mol. The van der Waals surface area contributed by atoms with Crippen LogP contribution in [-0.4, -0.2) is 30.6 Å². The average Bonchev–Trinajstić information content (AvgIpc) is 2.85. The van der Waals surface area contributed by atoms with Crippen LogP contribution in [0.4, 0.5) is 0 Å². The van der Waals surface area contributed by atoms with E-state index >= 15 is 0 Å². The molecular formula is C18H25ClN4S. The number of aliphatic imine (C=N–C) groups is 1. The molecule has 0 amide bonds. The molecule has 0 atom stereocenters. The molecule has 0 bridgehead atoms. The zero-order chi connectivity index (χ0) is 17.4. The molecule has 24 heavy (non-hydrogen) atoms. The maximum atomic E-state index is 6.02.